The lowest BCUT2D eigenvalue weighted by molar-refractivity contribution is -0.138. The third kappa shape index (κ3) is 4.94. The largest absolute Gasteiger partial charge is 0.481 e. The van der Waals surface area contributed by atoms with Gasteiger partial charge in [-0.3, -0.25) is 4.79 Å². The van der Waals surface area contributed by atoms with E-state index in [1.54, 1.807) is 48.3 Å². The average molecular weight is 399 g/mol. The molecule has 2 aromatic rings. The van der Waals surface area contributed by atoms with E-state index in [2.05, 4.69) is 0 Å². The quantitative estimate of drug-likeness (QED) is 0.727. The number of nitrogens with zero attached hydrogens (tertiary/aromatic N) is 1. The normalized spacial score (nSPS) is 15.6. The summed E-state index contributed by atoms with van der Waals surface area (Å²) in [4.78, 5) is 25.2. The molecule has 1 amide bonds. The van der Waals surface area contributed by atoms with Crippen LogP contribution in [0.1, 0.15) is 50.5 Å². The molecule has 1 aliphatic rings. The van der Waals surface area contributed by atoms with Crippen molar-refractivity contribution in [2.75, 3.05) is 7.05 Å². The van der Waals surface area contributed by atoms with E-state index in [1.165, 1.54) is 19.4 Å². The third-order valence-corrected chi connectivity index (χ3v) is 5.62. The summed E-state index contributed by atoms with van der Waals surface area (Å²) in [7, 11) is 1.75. The van der Waals surface area contributed by atoms with E-state index in [4.69, 9.17) is 9.84 Å². The highest BCUT2D eigenvalue weighted by molar-refractivity contribution is 5.76. The molecule has 5 nitrogen and oxygen atoms in total. The number of carbonyl (C=O) groups is 2. The van der Waals surface area contributed by atoms with Crippen LogP contribution >= 0.6 is 0 Å². The number of halogens is 1. The molecule has 0 spiro atoms. The molecule has 1 N–H and O–H groups in total. The SMILES string of the molecule is CC(C(=O)O)c1ccc(-c2cccc(OC(=O)N(C)C3CCCCC3)c2)c(F)c1. The van der Waals surface area contributed by atoms with Gasteiger partial charge in [-0.1, -0.05) is 43.5 Å². The summed E-state index contributed by atoms with van der Waals surface area (Å²) in [6, 6.07) is 11.3. The summed E-state index contributed by atoms with van der Waals surface area (Å²) < 4.78 is 20.1. The number of carboxylic acid groups (broad SMARTS) is 1. The lowest BCUT2D eigenvalue weighted by Gasteiger charge is -2.30. The van der Waals surface area contributed by atoms with Crippen LogP contribution in [-0.4, -0.2) is 35.2 Å². The molecule has 0 aromatic heterocycles. The molecule has 1 unspecified atom stereocenters. The first kappa shape index (κ1) is 20.8. The molecule has 1 saturated carbocycles. The highest BCUT2D eigenvalue weighted by Crippen LogP contribution is 2.29. The second kappa shape index (κ2) is 9.07. The van der Waals surface area contributed by atoms with Gasteiger partial charge in [-0.2, -0.15) is 0 Å². The molecule has 154 valence electrons. The monoisotopic (exact) mass is 399 g/mol. The number of ether oxygens (including phenoxy) is 1. The van der Waals surface area contributed by atoms with Gasteiger partial charge in [0.25, 0.3) is 0 Å². The zero-order chi connectivity index (χ0) is 21.0. The van der Waals surface area contributed by atoms with Crippen molar-refractivity contribution in [3.8, 4) is 16.9 Å². The molecule has 0 heterocycles. The molecular weight excluding hydrogens is 373 g/mol. The Kier molecular flexibility index (Phi) is 6.52. The van der Waals surface area contributed by atoms with Crippen LogP contribution in [0.5, 0.6) is 5.75 Å². The minimum absolute atomic E-state index is 0.195. The molecule has 0 bridgehead atoms. The first-order valence-electron chi connectivity index (χ1n) is 9.94. The highest BCUT2D eigenvalue weighted by Gasteiger charge is 2.23. The Morgan fingerprint density at radius 1 is 1.14 bits per heavy atom. The standard InChI is InChI=1S/C23H26FNO4/c1-15(22(26)27)16-11-12-20(21(24)14-16)17-7-6-10-19(13-17)29-23(28)25(2)18-8-4-3-5-9-18/h6-7,10-15,18H,3-5,8-9H2,1-2H3,(H,26,27). The number of rotatable bonds is 5. The fourth-order valence-corrected chi connectivity index (χ4v) is 3.69. The Bertz CT molecular complexity index is 892. The van der Waals surface area contributed by atoms with Gasteiger partial charge in [-0.05, 0) is 49.1 Å². The molecule has 0 saturated heterocycles. The second-order valence-corrected chi connectivity index (χ2v) is 7.60. The lowest BCUT2D eigenvalue weighted by atomic mass is 9.95. The average Bonchev–Trinajstić information content (AvgIpc) is 2.73. The Morgan fingerprint density at radius 2 is 1.86 bits per heavy atom. The van der Waals surface area contributed by atoms with Gasteiger partial charge in [0.05, 0.1) is 5.92 Å². The summed E-state index contributed by atoms with van der Waals surface area (Å²) in [5, 5.41) is 9.10. The van der Waals surface area contributed by atoms with E-state index >= 15 is 0 Å². The van der Waals surface area contributed by atoms with Crippen molar-refractivity contribution in [1.82, 2.24) is 4.90 Å². The predicted molar refractivity (Wildman–Crippen MR) is 109 cm³/mol. The molecule has 29 heavy (non-hydrogen) atoms. The van der Waals surface area contributed by atoms with Crippen molar-refractivity contribution in [3.05, 3.63) is 53.8 Å². The van der Waals surface area contributed by atoms with Gasteiger partial charge in [0.2, 0.25) is 0 Å². The molecular formula is C23H26FNO4. The zero-order valence-electron chi connectivity index (χ0n) is 16.7. The van der Waals surface area contributed by atoms with Gasteiger partial charge in [0.15, 0.2) is 0 Å². The Labute approximate surface area is 170 Å². The number of hydrogen-bond donors (Lipinski definition) is 1. The number of carbonyl (C=O) groups excluding carboxylic acids is 1. The molecule has 3 rings (SSSR count). The van der Waals surface area contributed by atoms with Gasteiger partial charge >= 0.3 is 12.1 Å². The van der Waals surface area contributed by atoms with E-state index in [1.807, 2.05) is 0 Å². The first-order chi connectivity index (χ1) is 13.9. The number of hydrogen-bond acceptors (Lipinski definition) is 3. The summed E-state index contributed by atoms with van der Waals surface area (Å²) in [6.45, 7) is 1.51. The van der Waals surface area contributed by atoms with Gasteiger partial charge in [-0.25, -0.2) is 9.18 Å². The molecule has 1 atom stereocenters. The fourth-order valence-electron chi connectivity index (χ4n) is 3.69. The summed E-state index contributed by atoms with van der Waals surface area (Å²) >= 11 is 0. The topological polar surface area (TPSA) is 66.8 Å². The number of carboxylic acids is 1. The van der Waals surface area contributed by atoms with Crippen molar-refractivity contribution in [1.29, 1.82) is 0 Å². The van der Waals surface area contributed by atoms with Gasteiger partial charge < -0.3 is 14.7 Å². The Hall–Kier alpha value is -2.89. The third-order valence-electron chi connectivity index (χ3n) is 5.62. The van der Waals surface area contributed by atoms with Crippen molar-refractivity contribution in [3.63, 3.8) is 0 Å². The van der Waals surface area contributed by atoms with Crippen molar-refractivity contribution in [2.45, 2.75) is 51.0 Å². The summed E-state index contributed by atoms with van der Waals surface area (Å²) in [5.74, 6) is -1.97. The highest BCUT2D eigenvalue weighted by atomic mass is 19.1. The van der Waals surface area contributed by atoms with E-state index in [0.29, 0.717) is 22.4 Å². The fraction of sp³-hybridized carbons (Fsp3) is 0.391. The second-order valence-electron chi connectivity index (χ2n) is 7.60. The zero-order valence-corrected chi connectivity index (χ0v) is 16.7. The maximum Gasteiger partial charge on any atom is 0.415 e. The minimum atomic E-state index is -1.01. The van der Waals surface area contributed by atoms with Crippen LogP contribution in [0.4, 0.5) is 9.18 Å². The van der Waals surface area contributed by atoms with Gasteiger partial charge in [0.1, 0.15) is 11.6 Å². The smallest absolute Gasteiger partial charge is 0.415 e. The van der Waals surface area contributed by atoms with Crippen LogP contribution in [0.25, 0.3) is 11.1 Å². The summed E-state index contributed by atoms with van der Waals surface area (Å²) in [6.07, 6.45) is 4.99. The molecule has 2 aromatic carbocycles. The van der Waals surface area contributed by atoms with Gasteiger partial charge in [-0.15, -0.1) is 0 Å². The Morgan fingerprint density at radius 3 is 2.52 bits per heavy atom. The van der Waals surface area contributed by atoms with Crippen LogP contribution in [-0.2, 0) is 4.79 Å². The van der Waals surface area contributed by atoms with Crippen LogP contribution in [0, 0.1) is 5.82 Å². The van der Waals surface area contributed by atoms with Crippen LogP contribution in [0.2, 0.25) is 0 Å². The Balaban J connectivity index is 1.75. The lowest BCUT2D eigenvalue weighted by Crippen LogP contribution is -2.39. The van der Waals surface area contributed by atoms with Crippen LogP contribution < -0.4 is 4.74 Å². The van der Waals surface area contributed by atoms with Crippen LogP contribution in [0.15, 0.2) is 42.5 Å². The van der Waals surface area contributed by atoms with Crippen LogP contribution in [0.3, 0.4) is 0 Å². The summed E-state index contributed by atoms with van der Waals surface area (Å²) in [5.41, 5.74) is 1.28. The van der Waals surface area contributed by atoms with Crippen molar-refractivity contribution in [2.24, 2.45) is 0 Å². The number of benzene rings is 2. The maximum absolute atomic E-state index is 14.6. The maximum atomic E-state index is 14.6. The predicted octanol–water partition coefficient (Wildman–Crippen LogP) is 5.44. The van der Waals surface area contributed by atoms with E-state index in [9.17, 15) is 14.0 Å². The first-order valence-corrected chi connectivity index (χ1v) is 9.94. The molecule has 1 fully saturated rings. The van der Waals surface area contributed by atoms with Crippen molar-refractivity contribution >= 4 is 12.1 Å². The van der Waals surface area contributed by atoms with E-state index in [0.717, 1.165) is 25.7 Å². The van der Waals surface area contributed by atoms with E-state index in [-0.39, 0.29) is 6.04 Å². The minimum Gasteiger partial charge on any atom is -0.481 e. The number of aliphatic carboxylic acids is 1. The van der Waals surface area contributed by atoms with E-state index < -0.39 is 23.8 Å². The molecule has 0 aliphatic heterocycles. The van der Waals surface area contributed by atoms with Gasteiger partial charge in [0, 0.05) is 18.7 Å². The molecule has 6 heteroatoms. The number of amides is 1. The van der Waals surface area contributed by atoms with Crippen molar-refractivity contribution < 1.29 is 23.8 Å². The molecule has 1 aliphatic carbocycles. The molecule has 0 radical (unpaired) electrons.